The molecule has 1 aromatic rings. The third-order valence-corrected chi connectivity index (χ3v) is 7.57. The summed E-state index contributed by atoms with van der Waals surface area (Å²) in [5, 5.41) is 4.04. The first kappa shape index (κ1) is 16.8. The molecule has 6 rings (SSSR count). The van der Waals surface area contributed by atoms with Crippen molar-refractivity contribution >= 4 is 5.91 Å². The molecule has 4 saturated carbocycles. The first-order valence-corrected chi connectivity index (χ1v) is 10.5. The van der Waals surface area contributed by atoms with Crippen molar-refractivity contribution in [3.63, 3.8) is 0 Å². The van der Waals surface area contributed by atoms with Gasteiger partial charge in [-0.25, -0.2) is 0 Å². The van der Waals surface area contributed by atoms with Gasteiger partial charge >= 0.3 is 0 Å². The number of aromatic nitrogens is 1. The monoisotopic (exact) mass is 357 g/mol. The van der Waals surface area contributed by atoms with E-state index in [-0.39, 0.29) is 11.8 Å². The molecule has 5 heteroatoms. The molecular weight excluding hydrogens is 326 g/mol. The lowest BCUT2D eigenvalue weighted by molar-refractivity contribution is -0.0988. The summed E-state index contributed by atoms with van der Waals surface area (Å²) < 4.78 is 5.31. The van der Waals surface area contributed by atoms with Crippen LogP contribution in [0.25, 0.3) is 0 Å². The van der Waals surface area contributed by atoms with Crippen LogP contribution in [0.1, 0.15) is 74.5 Å². The molecule has 5 nitrogen and oxygen atoms in total. The Balaban J connectivity index is 1.24. The minimum atomic E-state index is 0.00885. The van der Waals surface area contributed by atoms with Crippen molar-refractivity contribution in [3.05, 3.63) is 17.5 Å². The average molecular weight is 357 g/mol. The van der Waals surface area contributed by atoms with Gasteiger partial charge in [-0.15, -0.1) is 0 Å². The summed E-state index contributed by atoms with van der Waals surface area (Å²) >= 11 is 0. The van der Waals surface area contributed by atoms with Crippen LogP contribution in [0.5, 0.6) is 0 Å². The number of hydrogen-bond acceptors (Lipinski definition) is 4. The molecule has 4 bridgehead atoms. The Labute approximate surface area is 156 Å². The molecule has 26 heavy (non-hydrogen) atoms. The van der Waals surface area contributed by atoms with Crippen LogP contribution in [0.2, 0.25) is 0 Å². The Bertz CT molecular complexity index is 652. The molecule has 0 radical (unpaired) electrons. The van der Waals surface area contributed by atoms with Crippen molar-refractivity contribution in [2.45, 2.75) is 63.8 Å². The Morgan fingerprint density at radius 2 is 1.65 bits per heavy atom. The SMILES string of the molecule is CC(C)c1cc(C(=O)N2CCN(C34CC5CC(CC(C5)C3)C4)CC2)on1. The Hall–Kier alpha value is -1.36. The van der Waals surface area contributed by atoms with Crippen LogP contribution in [-0.2, 0) is 0 Å². The number of hydrogen-bond donors (Lipinski definition) is 0. The Morgan fingerprint density at radius 1 is 1.08 bits per heavy atom. The second-order valence-corrected chi connectivity index (χ2v) is 9.69. The molecule has 5 aliphatic rings. The number of rotatable bonds is 3. The van der Waals surface area contributed by atoms with Gasteiger partial charge in [-0.05, 0) is 62.2 Å². The van der Waals surface area contributed by atoms with E-state index in [1.54, 1.807) is 0 Å². The highest BCUT2D eigenvalue weighted by Crippen LogP contribution is 2.57. The van der Waals surface area contributed by atoms with E-state index in [0.29, 0.717) is 11.3 Å². The zero-order chi connectivity index (χ0) is 17.9. The zero-order valence-electron chi connectivity index (χ0n) is 16.1. The quantitative estimate of drug-likeness (QED) is 0.830. The van der Waals surface area contributed by atoms with Crippen molar-refractivity contribution in [2.24, 2.45) is 17.8 Å². The highest BCUT2D eigenvalue weighted by atomic mass is 16.5. The lowest BCUT2D eigenvalue weighted by Gasteiger charge is -2.61. The molecule has 0 spiro atoms. The number of carbonyl (C=O) groups is 1. The van der Waals surface area contributed by atoms with Crippen LogP contribution in [0.15, 0.2) is 10.6 Å². The molecule has 0 aromatic carbocycles. The highest BCUT2D eigenvalue weighted by Gasteiger charge is 2.53. The second kappa shape index (κ2) is 6.08. The van der Waals surface area contributed by atoms with E-state index in [9.17, 15) is 4.79 Å². The van der Waals surface area contributed by atoms with Crippen LogP contribution < -0.4 is 0 Å². The van der Waals surface area contributed by atoms with Crippen molar-refractivity contribution in [2.75, 3.05) is 26.2 Å². The van der Waals surface area contributed by atoms with Gasteiger partial charge in [0.1, 0.15) is 0 Å². The van der Waals surface area contributed by atoms with Gasteiger partial charge in [-0.1, -0.05) is 19.0 Å². The first-order valence-electron chi connectivity index (χ1n) is 10.5. The minimum absolute atomic E-state index is 0.00885. The standard InChI is InChI=1S/C21H31N3O2/c1-14(2)18-10-19(26-22-18)20(25)23-3-5-24(6-4-23)21-11-15-7-16(12-21)9-17(8-15)13-21/h10,14-17H,3-9,11-13H2,1-2H3. The van der Waals surface area contributed by atoms with Gasteiger partial charge in [-0.3, -0.25) is 9.69 Å². The van der Waals surface area contributed by atoms with Crippen LogP contribution in [-0.4, -0.2) is 52.6 Å². The van der Waals surface area contributed by atoms with Crippen LogP contribution in [0.4, 0.5) is 0 Å². The van der Waals surface area contributed by atoms with Gasteiger partial charge in [0, 0.05) is 37.8 Å². The van der Waals surface area contributed by atoms with Gasteiger partial charge in [0.05, 0.1) is 5.69 Å². The molecule has 1 aliphatic heterocycles. The summed E-state index contributed by atoms with van der Waals surface area (Å²) in [4.78, 5) is 17.5. The maximum atomic E-state index is 12.8. The van der Waals surface area contributed by atoms with Crippen LogP contribution in [0, 0.1) is 17.8 Å². The molecule has 2 heterocycles. The molecule has 1 aromatic heterocycles. The van der Waals surface area contributed by atoms with Gasteiger partial charge in [0.2, 0.25) is 5.76 Å². The fraction of sp³-hybridized carbons (Fsp3) is 0.810. The fourth-order valence-electron chi connectivity index (χ4n) is 6.65. The second-order valence-electron chi connectivity index (χ2n) is 9.69. The fourth-order valence-corrected chi connectivity index (χ4v) is 6.65. The number of nitrogens with zero attached hydrogens (tertiary/aromatic N) is 3. The zero-order valence-corrected chi connectivity index (χ0v) is 16.1. The van der Waals surface area contributed by atoms with Crippen molar-refractivity contribution < 1.29 is 9.32 Å². The van der Waals surface area contributed by atoms with E-state index in [1.807, 2.05) is 11.0 Å². The van der Waals surface area contributed by atoms with Gasteiger partial charge in [-0.2, -0.15) is 0 Å². The molecule has 1 amide bonds. The smallest absolute Gasteiger partial charge is 0.292 e. The summed E-state index contributed by atoms with van der Waals surface area (Å²) in [6.07, 6.45) is 8.69. The topological polar surface area (TPSA) is 49.6 Å². The van der Waals surface area contributed by atoms with E-state index in [4.69, 9.17) is 4.52 Å². The highest BCUT2D eigenvalue weighted by molar-refractivity contribution is 5.91. The Morgan fingerprint density at radius 3 is 2.15 bits per heavy atom. The van der Waals surface area contributed by atoms with E-state index in [0.717, 1.165) is 49.6 Å². The molecule has 5 fully saturated rings. The third-order valence-electron chi connectivity index (χ3n) is 7.57. The molecule has 0 N–H and O–H groups in total. The van der Waals surface area contributed by atoms with Crippen molar-refractivity contribution in [1.29, 1.82) is 0 Å². The van der Waals surface area contributed by atoms with Crippen LogP contribution in [0.3, 0.4) is 0 Å². The lowest BCUT2D eigenvalue weighted by atomic mass is 9.52. The molecule has 0 unspecified atom stereocenters. The van der Waals surface area contributed by atoms with E-state index in [2.05, 4.69) is 23.9 Å². The van der Waals surface area contributed by atoms with E-state index in [1.165, 1.54) is 38.5 Å². The van der Waals surface area contributed by atoms with Crippen molar-refractivity contribution in [1.82, 2.24) is 15.0 Å². The summed E-state index contributed by atoms with van der Waals surface area (Å²) in [6, 6.07) is 1.82. The maximum absolute atomic E-state index is 12.8. The summed E-state index contributed by atoms with van der Waals surface area (Å²) in [6.45, 7) is 7.80. The molecule has 142 valence electrons. The largest absolute Gasteiger partial charge is 0.351 e. The van der Waals surface area contributed by atoms with Crippen molar-refractivity contribution in [3.8, 4) is 0 Å². The predicted octanol–water partition coefficient (Wildman–Crippen LogP) is 3.52. The van der Waals surface area contributed by atoms with E-state index < -0.39 is 0 Å². The van der Waals surface area contributed by atoms with Gasteiger partial charge in [0.15, 0.2) is 0 Å². The van der Waals surface area contributed by atoms with Crippen LogP contribution >= 0.6 is 0 Å². The Kier molecular flexibility index (Phi) is 3.93. The predicted molar refractivity (Wildman–Crippen MR) is 99.0 cm³/mol. The number of amides is 1. The minimum Gasteiger partial charge on any atom is -0.351 e. The lowest BCUT2D eigenvalue weighted by Crippen LogP contribution is -2.64. The number of piperazine rings is 1. The normalized spacial score (nSPS) is 36.9. The third kappa shape index (κ3) is 2.70. The average Bonchev–Trinajstić information content (AvgIpc) is 3.10. The summed E-state index contributed by atoms with van der Waals surface area (Å²) in [7, 11) is 0. The molecule has 0 atom stereocenters. The summed E-state index contributed by atoms with van der Waals surface area (Å²) in [5.74, 6) is 3.62. The first-order chi connectivity index (χ1) is 12.5. The maximum Gasteiger partial charge on any atom is 0.292 e. The molecule has 1 saturated heterocycles. The molecule has 4 aliphatic carbocycles. The van der Waals surface area contributed by atoms with Gasteiger partial charge < -0.3 is 9.42 Å². The van der Waals surface area contributed by atoms with Gasteiger partial charge in [0.25, 0.3) is 5.91 Å². The molecular formula is C21H31N3O2. The van der Waals surface area contributed by atoms with E-state index >= 15 is 0 Å². The summed E-state index contributed by atoms with van der Waals surface area (Å²) in [5.41, 5.74) is 1.32. The number of carbonyl (C=O) groups excluding carboxylic acids is 1.